The molecule has 1 aromatic heterocycles. The van der Waals surface area contributed by atoms with Crippen LogP contribution in [0, 0.1) is 0 Å². The van der Waals surface area contributed by atoms with Crippen LogP contribution in [0.5, 0.6) is 5.75 Å². The highest BCUT2D eigenvalue weighted by Crippen LogP contribution is 2.23. The van der Waals surface area contributed by atoms with Gasteiger partial charge in [-0.15, -0.1) is 0 Å². The van der Waals surface area contributed by atoms with E-state index >= 15 is 0 Å². The maximum Gasteiger partial charge on any atom is 0.163 e. The van der Waals surface area contributed by atoms with Crippen LogP contribution in [-0.2, 0) is 9.47 Å². The molecule has 0 saturated carbocycles. The number of ether oxygens (including phenoxy) is 3. The Hall–Kier alpha value is -0.650. The van der Waals surface area contributed by atoms with E-state index in [1.54, 1.807) is 12.4 Å². The van der Waals surface area contributed by atoms with Crippen LogP contribution in [-0.4, -0.2) is 30.1 Å². The second kappa shape index (κ2) is 4.69. The van der Waals surface area contributed by atoms with Gasteiger partial charge in [0.25, 0.3) is 0 Å². The number of halogens is 1. The van der Waals surface area contributed by atoms with E-state index in [1.807, 2.05) is 19.9 Å². The van der Waals surface area contributed by atoms with Crippen molar-refractivity contribution in [2.75, 3.05) is 13.2 Å². The molecule has 1 fully saturated rings. The Morgan fingerprint density at radius 2 is 2.38 bits per heavy atom. The highest BCUT2D eigenvalue weighted by atomic mass is 79.9. The van der Waals surface area contributed by atoms with E-state index in [0.29, 0.717) is 13.2 Å². The fraction of sp³-hybridized carbons (Fsp3) is 0.545. The van der Waals surface area contributed by atoms with E-state index in [-0.39, 0.29) is 6.10 Å². The number of hydrogen-bond acceptors (Lipinski definition) is 4. The predicted molar refractivity (Wildman–Crippen MR) is 62.3 cm³/mol. The van der Waals surface area contributed by atoms with Gasteiger partial charge in [-0.2, -0.15) is 0 Å². The van der Waals surface area contributed by atoms with Crippen LogP contribution < -0.4 is 4.74 Å². The van der Waals surface area contributed by atoms with Gasteiger partial charge in [-0.05, 0) is 35.8 Å². The smallest absolute Gasteiger partial charge is 0.163 e. The molecule has 0 aromatic carbocycles. The maximum absolute atomic E-state index is 5.62. The SMILES string of the molecule is CC1(C)OCC(COc2cncc(Br)c2)O1. The molecule has 1 saturated heterocycles. The lowest BCUT2D eigenvalue weighted by Gasteiger charge is -2.17. The van der Waals surface area contributed by atoms with Crippen molar-refractivity contribution in [3.8, 4) is 5.75 Å². The van der Waals surface area contributed by atoms with E-state index in [4.69, 9.17) is 14.2 Å². The lowest BCUT2D eigenvalue weighted by Crippen LogP contribution is -2.25. The zero-order chi connectivity index (χ0) is 11.6. The number of hydrogen-bond donors (Lipinski definition) is 0. The van der Waals surface area contributed by atoms with Crippen molar-refractivity contribution in [2.45, 2.75) is 25.7 Å². The van der Waals surface area contributed by atoms with Gasteiger partial charge < -0.3 is 14.2 Å². The molecule has 0 amide bonds. The molecule has 5 heteroatoms. The minimum atomic E-state index is -0.496. The van der Waals surface area contributed by atoms with Crippen LogP contribution in [0.3, 0.4) is 0 Å². The monoisotopic (exact) mass is 287 g/mol. The molecule has 1 unspecified atom stereocenters. The fourth-order valence-corrected chi connectivity index (χ4v) is 1.85. The standard InChI is InChI=1S/C11H14BrNO3/c1-11(2)15-7-10(16-11)6-14-9-3-8(12)4-13-5-9/h3-5,10H,6-7H2,1-2H3. The van der Waals surface area contributed by atoms with Crippen molar-refractivity contribution in [1.29, 1.82) is 0 Å². The number of nitrogens with zero attached hydrogens (tertiary/aromatic N) is 1. The second-order valence-electron chi connectivity index (χ2n) is 4.10. The molecule has 88 valence electrons. The minimum absolute atomic E-state index is 0.0195. The fourth-order valence-electron chi connectivity index (χ4n) is 1.51. The molecular formula is C11H14BrNO3. The summed E-state index contributed by atoms with van der Waals surface area (Å²) in [5.74, 6) is 0.228. The number of pyridine rings is 1. The molecule has 16 heavy (non-hydrogen) atoms. The highest BCUT2D eigenvalue weighted by Gasteiger charge is 2.32. The zero-order valence-corrected chi connectivity index (χ0v) is 10.9. The average molecular weight is 288 g/mol. The molecule has 1 aromatic rings. The van der Waals surface area contributed by atoms with Gasteiger partial charge in [-0.1, -0.05) is 0 Å². The topological polar surface area (TPSA) is 40.6 Å². The Kier molecular flexibility index (Phi) is 3.47. The van der Waals surface area contributed by atoms with Crippen LogP contribution >= 0.6 is 15.9 Å². The summed E-state index contributed by atoms with van der Waals surface area (Å²) in [5.41, 5.74) is 0. The summed E-state index contributed by atoms with van der Waals surface area (Å²) in [6.45, 7) is 4.83. The Labute approximate surface area is 103 Å². The van der Waals surface area contributed by atoms with Gasteiger partial charge in [0.1, 0.15) is 18.5 Å². The minimum Gasteiger partial charge on any atom is -0.489 e. The molecule has 0 radical (unpaired) electrons. The van der Waals surface area contributed by atoms with Crippen LogP contribution in [0.25, 0.3) is 0 Å². The first-order chi connectivity index (χ1) is 7.55. The summed E-state index contributed by atoms with van der Waals surface area (Å²) in [6, 6.07) is 1.87. The molecule has 2 rings (SSSR count). The first-order valence-corrected chi connectivity index (χ1v) is 5.90. The summed E-state index contributed by atoms with van der Waals surface area (Å²) in [7, 11) is 0. The molecule has 1 aliphatic heterocycles. The van der Waals surface area contributed by atoms with E-state index < -0.39 is 5.79 Å². The van der Waals surface area contributed by atoms with Crippen LogP contribution in [0.1, 0.15) is 13.8 Å². The van der Waals surface area contributed by atoms with Gasteiger partial charge in [0.05, 0.1) is 12.8 Å². The third kappa shape index (κ3) is 3.17. The van der Waals surface area contributed by atoms with E-state index in [1.165, 1.54) is 0 Å². The van der Waals surface area contributed by atoms with Crippen LogP contribution in [0.15, 0.2) is 22.9 Å². The van der Waals surface area contributed by atoms with Crippen molar-refractivity contribution >= 4 is 15.9 Å². The highest BCUT2D eigenvalue weighted by molar-refractivity contribution is 9.10. The van der Waals surface area contributed by atoms with E-state index in [2.05, 4.69) is 20.9 Å². The summed E-state index contributed by atoms with van der Waals surface area (Å²) in [4.78, 5) is 4.01. The van der Waals surface area contributed by atoms with Crippen LogP contribution in [0.2, 0.25) is 0 Å². The van der Waals surface area contributed by atoms with Crippen molar-refractivity contribution in [1.82, 2.24) is 4.98 Å². The van der Waals surface area contributed by atoms with Crippen molar-refractivity contribution in [2.24, 2.45) is 0 Å². The van der Waals surface area contributed by atoms with Crippen LogP contribution in [0.4, 0.5) is 0 Å². The molecule has 2 heterocycles. The van der Waals surface area contributed by atoms with Crippen molar-refractivity contribution in [3.05, 3.63) is 22.9 Å². The first-order valence-electron chi connectivity index (χ1n) is 5.10. The molecule has 0 bridgehead atoms. The largest absolute Gasteiger partial charge is 0.489 e. The third-order valence-corrected chi connectivity index (χ3v) is 2.62. The molecular weight excluding hydrogens is 274 g/mol. The molecule has 1 aliphatic rings. The van der Waals surface area contributed by atoms with Gasteiger partial charge in [-0.25, -0.2) is 0 Å². The normalized spacial score (nSPS) is 23.3. The van der Waals surface area contributed by atoms with Crippen molar-refractivity contribution < 1.29 is 14.2 Å². The van der Waals surface area contributed by atoms with Gasteiger partial charge in [-0.3, -0.25) is 4.98 Å². The Morgan fingerprint density at radius 1 is 1.56 bits per heavy atom. The molecule has 0 N–H and O–H groups in total. The molecule has 4 nitrogen and oxygen atoms in total. The van der Waals surface area contributed by atoms with Crippen molar-refractivity contribution in [3.63, 3.8) is 0 Å². The Bertz CT molecular complexity index is 370. The van der Waals surface area contributed by atoms with Gasteiger partial charge in [0, 0.05) is 10.7 Å². The quantitative estimate of drug-likeness (QED) is 0.856. The predicted octanol–water partition coefficient (Wildman–Crippen LogP) is 2.37. The average Bonchev–Trinajstić information content (AvgIpc) is 2.56. The van der Waals surface area contributed by atoms with E-state index in [9.17, 15) is 0 Å². The Balaban J connectivity index is 1.84. The second-order valence-corrected chi connectivity index (χ2v) is 5.02. The molecule has 0 spiro atoms. The summed E-state index contributed by atoms with van der Waals surface area (Å²) in [5, 5.41) is 0. The molecule has 1 atom stereocenters. The summed E-state index contributed by atoms with van der Waals surface area (Å²) < 4.78 is 17.5. The number of aromatic nitrogens is 1. The van der Waals surface area contributed by atoms with Gasteiger partial charge in [0.2, 0.25) is 0 Å². The Morgan fingerprint density at radius 3 is 3.00 bits per heavy atom. The summed E-state index contributed by atoms with van der Waals surface area (Å²) >= 11 is 3.34. The maximum atomic E-state index is 5.62. The van der Waals surface area contributed by atoms with Gasteiger partial charge in [0.15, 0.2) is 5.79 Å². The lowest BCUT2D eigenvalue weighted by atomic mass is 10.4. The van der Waals surface area contributed by atoms with Gasteiger partial charge >= 0.3 is 0 Å². The van der Waals surface area contributed by atoms with E-state index in [0.717, 1.165) is 10.2 Å². The molecule has 0 aliphatic carbocycles. The zero-order valence-electron chi connectivity index (χ0n) is 9.27. The first kappa shape index (κ1) is 11.8. The lowest BCUT2D eigenvalue weighted by molar-refractivity contribution is -0.141. The number of rotatable bonds is 3. The summed E-state index contributed by atoms with van der Waals surface area (Å²) in [6.07, 6.45) is 3.37. The third-order valence-electron chi connectivity index (χ3n) is 2.18.